The average molecular weight is 233 g/mol. The lowest BCUT2D eigenvalue weighted by molar-refractivity contribution is 0.426. The van der Waals surface area contributed by atoms with E-state index < -0.39 is 32.9 Å². The average Bonchev–Trinajstić information content (AvgIpc) is 2.93. The van der Waals surface area contributed by atoms with Crippen LogP contribution < -0.4 is 4.72 Å². The van der Waals surface area contributed by atoms with Gasteiger partial charge in [-0.3, -0.25) is 4.72 Å². The van der Waals surface area contributed by atoms with Crippen LogP contribution in [0.1, 0.15) is 12.8 Å². The maximum Gasteiger partial charge on any atom is 0.316 e. The smallest absolute Gasteiger partial charge is 0.316 e. The van der Waals surface area contributed by atoms with Gasteiger partial charge in [-0.15, -0.1) is 0 Å². The summed E-state index contributed by atoms with van der Waals surface area (Å²) in [6.45, 7) is 0. The Morgan fingerprint density at radius 1 is 1.53 bits per heavy atom. The Balaban J connectivity index is 2.27. The lowest BCUT2D eigenvalue weighted by Gasteiger charge is -2.06. The van der Waals surface area contributed by atoms with E-state index >= 15 is 0 Å². The van der Waals surface area contributed by atoms with Crippen LogP contribution in [0.3, 0.4) is 0 Å². The predicted molar refractivity (Wildman–Crippen MR) is 49.2 cm³/mol. The first kappa shape index (κ1) is 10.1. The van der Waals surface area contributed by atoms with Crippen molar-refractivity contribution in [2.45, 2.75) is 18.1 Å². The summed E-state index contributed by atoms with van der Waals surface area (Å²) in [7, 11) is -3.57. The highest BCUT2D eigenvalue weighted by Crippen LogP contribution is 2.29. The van der Waals surface area contributed by atoms with Crippen molar-refractivity contribution in [1.82, 2.24) is 9.97 Å². The molecule has 0 aliphatic heterocycles. The Labute approximate surface area is 85.2 Å². The third-order valence-electron chi connectivity index (χ3n) is 1.93. The summed E-state index contributed by atoms with van der Waals surface area (Å²) in [4.78, 5) is 6.41. The lowest BCUT2D eigenvalue weighted by atomic mass is 10.6. The molecule has 0 radical (unpaired) electrons. The van der Waals surface area contributed by atoms with Gasteiger partial charge in [-0.1, -0.05) is 0 Å². The molecule has 6 nitrogen and oxygen atoms in total. The summed E-state index contributed by atoms with van der Waals surface area (Å²) in [5, 5.41) is 8.39. The number of hydrogen-bond acceptors (Lipinski definition) is 5. The number of nitrogens with zero attached hydrogens (tertiary/aromatic N) is 2. The largest absolute Gasteiger partial charge is 0.479 e. The molecular formula is C7H8FN3O3S. The van der Waals surface area contributed by atoms with Crippen LogP contribution in [0.4, 0.5) is 10.2 Å². The highest BCUT2D eigenvalue weighted by molar-refractivity contribution is 7.93. The minimum Gasteiger partial charge on any atom is -0.479 e. The second kappa shape index (κ2) is 3.30. The number of anilines is 1. The number of hydrogen-bond donors (Lipinski definition) is 2. The number of aromatic hydroxyl groups is 1. The Morgan fingerprint density at radius 3 is 2.80 bits per heavy atom. The fraction of sp³-hybridized carbons (Fsp3) is 0.429. The van der Waals surface area contributed by atoms with Crippen LogP contribution >= 0.6 is 0 Å². The Bertz CT molecular complexity index is 486. The first-order chi connectivity index (χ1) is 6.99. The Hall–Kier alpha value is -1.44. The quantitative estimate of drug-likeness (QED) is 0.779. The van der Waals surface area contributed by atoms with Crippen LogP contribution in [-0.4, -0.2) is 28.7 Å². The number of halogens is 1. The van der Waals surface area contributed by atoms with E-state index in [2.05, 4.69) is 9.97 Å². The van der Waals surface area contributed by atoms with Gasteiger partial charge in [0.1, 0.15) is 0 Å². The van der Waals surface area contributed by atoms with Gasteiger partial charge in [0.05, 0.1) is 11.4 Å². The third-order valence-corrected chi connectivity index (χ3v) is 3.76. The molecule has 1 aliphatic carbocycles. The summed E-state index contributed by atoms with van der Waals surface area (Å²) in [5.74, 6) is -1.44. The van der Waals surface area contributed by atoms with Gasteiger partial charge in [0.25, 0.3) is 0 Å². The first-order valence-electron chi connectivity index (χ1n) is 4.22. The van der Waals surface area contributed by atoms with Crippen molar-refractivity contribution < 1.29 is 17.9 Å². The van der Waals surface area contributed by atoms with Crippen molar-refractivity contribution in [2.24, 2.45) is 0 Å². The molecule has 1 aromatic heterocycles. The second-order valence-corrected chi connectivity index (χ2v) is 5.17. The fourth-order valence-corrected chi connectivity index (χ4v) is 2.36. The molecule has 0 saturated heterocycles. The minimum atomic E-state index is -3.57. The first-order valence-corrected chi connectivity index (χ1v) is 5.77. The van der Waals surface area contributed by atoms with Gasteiger partial charge in [0, 0.05) is 0 Å². The summed E-state index contributed by atoms with van der Waals surface area (Å²) in [6.07, 6.45) is 1.83. The van der Waals surface area contributed by atoms with E-state index in [4.69, 9.17) is 5.11 Å². The summed E-state index contributed by atoms with van der Waals surface area (Å²) < 4.78 is 37.8. The SMILES string of the molecule is O=S(=O)(Nc1nc(O)ncc1F)C1CC1. The van der Waals surface area contributed by atoms with Crippen LogP contribution in [0, 0.1) is 5.82 Å². The molecule has 0 aromatic carbocycles. The number of aromatic nitrogens is 2. The molecule has 0 atom stereocenters. The molecule has 1 heterocycles. The van der Waals surface area contributed by atoms with Crippen molar-refractivity contribution in [3.05, 3.63) is 12.0 Å². The fourth-order valence-electron chi connectivity index (χ4n) is 1.03. The standard InChI is InChI=1S/C7H8FN3O3S/c8-5-3-9-7(12)10-6(5)11-15(13,14)4-1-2-4/h3-4H,1-2H2,(H2,9,10,11,12). The molecule has 0 bridgehead atoms. The zero-order valence-electron chi connectivity index (χ0n) is 7.51. The Morgan fingerprint density at radius 2 is 2.20 bits per heavy atom. The molecule has 1 saturated carbocycles. The van der Waals surface area contributed by atoms with Crippen LogP contribution in [0.25, 0.3) is 0 Å². The normalized spacial score (nSPS) is 16.3. The molecule has 82 valence electrons. The predicted octanol–water partition coefficient (Wildman–Crippen LogP) is 0.225. The van der Waals surface area contributed by atoms with E-state index in [1.807, 2.05) is 4.72 Å². The van der Waals surface area contributed by atoms with Crippen molar-refractivity contribution in [1.29, 1.82) is 0 Å². The second-order valence-electron chi connectivity index (χ2n) is 3.21. The topological polar surface area (TPSA) is 92.2 Å². The number of nitrogens with one attached hydrogen (secondary N) is 1. The number of sulfonamides is 1. The highest BCUT2D eigenvalue weighted by Gasteiger charge is 2.36. The van der Waals surface area contributed by atoms with Crippen LogP contribution in [0.5, 0.6) is 6.01 Å². The summed E-state index contributed by atoms with van der Waals surface area (Å²) >= 11 is 0. The molecule has 0 spiro atoms. The monoisotopic (exact) mass is 233 g/mol. The van der Waals surface area contributed by atoms with E-state index in [1.54, 1.807) is 0 Å². The van der Waals surface area contributed by atoms with E-state index in [9.17, 15) is 12.8 Å². The lowest BCUT2D eigenvalue weighted by Crippen LogP contribution is -2.19. The van der Waals surface area contributed by atoms with E-state index in [1.165, 1.54) is 0 Å². The van der Waals surface area contributed by atoms with Crippen molar-refractivity contribution in [3.63, 3.8) is 0 Å². The minimum absolute atomic E-state index is 0.478. The van der Waals surface area contributed by atoms with Gasteiger partial charge in [-0.2, -0.15) is 4.98 Å². The van der Waals surface area contributed by atoms with Gasteiger partial charge in [0.15, 0.2) is 11.6 Å². The van der Waals surface area contributed by atoms with Gasteiger partial charge in [-0.05, 0) is 12.8 Å². The molecule has 1 aromatic rings. The van der Waals surface area contributed by atoms with Crippen LogP contribution in [0.2, 0.25) is 0 Å². The van der Waals surface area contributed by atoms with Crippen LogP contribution in [0.15, 0.2) is 6.20 Å². The Kier molecular flexibility index (Phi) is 2.22. The van der Waals surface area contributed by atoms with Gasteiger partial charge < -0.3 is 5.11 Å². The maximum absolute atomic E-state index is 13.0. The van der Waals surface area contributed by atoms with E-state index in [0.29, 0.717) is 19.0 Å². The van der Waals surface area contributed by atoms with E-state index in [0.717, 1.165) is 0 Å². The molecular weight excluding hydrogens is 225 g/mol. The highest BCUT2D eigenvalue weighted by atomic mass is 32.2. The van der Waals surface area contributed by atoms with Crippen molar-refractivity contribution in [3.8, 4) is 6.01 Å². The van der Waals surface area contributed by atoms with Crippen molar-refractivity contribution in [2.75, 3.05) is 4.72 Å². The third kappa shape index (κ3) is 2.14. The van der Waals surface area contributed by atoms with Gasteiger partial charge >= 0.3 is 6.01 Å². The van der Waals surface area contributed by atoms with Gasteiger partial charge in [-0.25, -0.2) is 17.8 Å². The molecule has 1 aliphatic rings. The molecule has 8 heteroatoms. The molecule has 0 unspecified atom stereocenters. The zero-order chi connectivity index (χ0) is 11.1. The molecule has 0 amide bonds. The maximum atomic E-state index is 13.0. The molecule has 2 N–H and O–H groups in total. The van der Waals surface area contributed by atoms with Crippen molar-refractivity contribution >= 4 is 15.8 Å². The zero-order valence-corrected chi connectivity index (χ0v) is 8.33. The molecule has 15 heavy (non-hydrogen) atoms. The summed E-state index contributed by atoms with van der Waals surface area (Å²) in [6, 6.07) is -0.676. The summed E-state index contributed by atoms with van der Waals surface area (Å²) in [5.41, 5.74) is 0. The van der Waals surface area contributed by atoms with Gasteiger partial charge in [0.2, 0.25) is 10.0 Å². The number of rotatable bonds is 3. The molecule has 2 rings (SSSR count). The van der Waals surface area contributed by atoms with Crippen LogP contribution in [-0.2, 0) is 10.0 Å². The molecule has 1 fully saturated rings. The van der Waals surface area contributed by atoms with E-state index in [-0.39, 0.29) is 0 Å².